The summed E-state index contributed by atoms with van der Waals surface area (Å²) in [6, 6.07) is 0. The predicted molar refractivity (Wildman–Crippen MR) is 46.6 cm³/mol. The lowest BCUT2D eigenvalue weighted by Gasteiger charge is -1.63. The zero-order valence-electron chi connectivity index (χ0n) is 6.38. The molecule has 0 fully saturated rings. The highest BCUT2D eigenvalue weighted by atomic mass is 13.7. The van der Waals surface area contributed by atoms with Crippen molar-refractivity contribution in [1.29, 1.82) is 0 Å². The van der Waals surface area contributed by atoms with Gasteiger partial charge in [0.2, 0.25) is 0 Å². The molecule has 0 aliphatic heterocycles. The molecule has 0 aromatic heterocycles. The van der Waals surface area contributed by atoms with Crippen LogP contribution in [-0.2, 0) is 0 Å². The van der Waals surface area contributed by atoms with E-state index in [4.69, 9.17) is 0 Å². The average Bonchev–Trinajstić information content (AvgIpc) is 1.97. The Hall–Kier alpha value is -1.13. The van der Waals surface area contributed by atoms with Crippen LogP contribution in [0.1, 0.15) is 13.3 Å². The smallest absolute Gasteiger partial charge is 0.0991 e. The molecule has 0 saturated heterocycles. The molecule has 0 radical (unpaired) electrons. The normalized spacial score (nSPS) is 11.3. The van der Waals surface area contributed by atoms with Crippen LogP contribution in [0.5, 0.6) is 0 Å². The second-order valence-corrected chi connectivity index (χ2v) is 1.73. The van der Waals surface area contributed by atoms with Crippen LogP contribution in [-0.4, -0.2) is 0 Å². The Labute approximate surface area is 63.3 Å². The third-order valence-corrected chi connectivity index (χ3v) is 0.888. The lowest BCUT2D eigenvalue weighted by atomic mass is 10.3. The second kappa shape index (κ2) is 7.87. The summed E-state index contributed by atoms with van der Waals surface area (Å²) in [5.41, 5.74) is 0. The third kappa shape index (κ3) is 6.87. The fourth-order valence-electron chi connectivity index (χ4n) is 0.448. The molecule has 0 heterocycles. The van der Waals surface area contributed by atoms with E-state index in [-0.39, 0.29) is 0 Å². The summed E-state index contributed by atoms with van der Waals surface area (Å²) in [5.74, 6) is 0. The Bertz CT molecular complexity index is 147. The molecule has 0 unspecified atom stereocenters. The Kier molecular flexibility index (Phi) is 6.98. The van der Waals surface area contributed by atoms with E-state index in [1.54, 1.807) is 6.08 Å². The lowest BCUT2D eigenvalue weighted by molar-refractivity contribution is 1.19. The van der Waals surface area contributed by atoms with Crippen LogP contribution in [0, 0.1) is 6.08 Å². The van der Waals surface area contributed by atoms with Crippen LogP contribution in [0.25, 0.3) is 0 Å². The van der Waals surface area contributed by atoms with Crippen LogP contribution in [0.4, 0.5) is 0 Å². The molecule has 0 spiro atoms. The fourth-order valence-corrected chi connectivity index (χ4v) is 0.448. The molecule has 10 heavy (non-hydrogen) atoms. The van der Waals surface area contributed by atoms with Gasteiger partial charge in [-0.25, -0.2) is 0 Å². The minimum absolute atomic E-state index is 0.968. The Morgan fingerprint density at radius 3 is 2.50 bits per heavy atom. The molecule has 52 valence electrons. The number of rotatable bonds is 4. The Morgan fingerprint density at radius 1 is 1.20 bits per heavy atom. The van der Waals surface area contributed by atoms with E-state index in [9.17, 15) is 0 Å². The maximum absolute atomic E-state index is 3.55. The van der Waals surface area contributed by atoms with Crippen LogP contribution < -0.4 is 0 Å². The van der Waals surface area contributed by atoms with E-state index in [1.807, 2.05) is 30.4 Å². The van der Waals surface area contributed by atoms with Crippen molar-refractivity contribution in [3.63, 3.8) is 0 Å². The van der Waals surface area contributed by atoms with Gasteiger partial charge in [0.1, 0.15) is 0 Å². The molecule has 0 aromatic rings. The van der Waals surface area contributed by atoms with Crippen molar-refractivity contribution in [3.05, 3.63) is 49.1 Å². The largest absolute Gasteiger partial charge is 0.154 e. The van der Waals surface area contributed by atoms with Crippen molar-refractivity contribution in [2.75, 3.05) is 0 Å². The molecule has 0 N–H and O–H groups in total. The van der Waals surface area contributed by atoms with Crippen molar-refractivity contribution in [2.45, 2.75) is 13.3 Å². The first-order valence-corrected chi connectivity index (χ1v) is 3.42. The Balaban J connectivity index is 3.46. The average molecular weight is 133 g/mol. The van der Waals surface area contributed by atoms with E-state index >= 15 is 0 Å². The molecule has 0 heteroatoms. The fraction of sp³-hybridized carbons (Fsp3) is 0.200. The zero-order valence-corrected chi connectivity index (χ0v) is 6.38. The van der Waals surface area contributed by atoms with Gasteiger partial charge in [-0.05, 0) is 13.0 Å². The number of hydrogen-bond donors (Lipinski definition) is 0. The monoisotopic (exact) mass is 133 g/mol. The highest BCUT2D eigenvalue weighted by molar-refractivity contribution is 5.12. The quantitative estimate of drug-likeness (QED) is 0.408. The van der Waals surface area contributed by atoms with Gasteiger partial charge in [0.25, 0.3) is 0 Å². The molecule has 0 bridgehead atoms. The van der Waals surface area contributed by atoms with Crippen LogP contribution in [0.15, 0.2) is 43.0 Å². The van der Waals surface area contributed by atoms with Crippen molar-refractivity contribution in [3.8, 4) is 0 Å². The van der Waals surface area contributed by atoms with Crippen LogP contribution in [0.3, 0.4) is 0 Å². The Morgan fingerprint density at radius 2 is 1.90 bits per heavy atom. The third-order valence-electron chi connectivity index (χ3n) is 0.888. The molecule has 0 saturated carbocycles. The molecule has 0 amide bonds. The van der Waals surface area contributed by atoms with E-state index in [1.165, 1.54) is 0 Å². The first-order chi connectivity index (χ1) is 4.91. The van der Waals surface area contributed by atoms with Gasteiger partial charge < -0.3 is 0 Å². The van der Waals surface area contributed by atoms with Gasteiger partial charge in [-0.1, -0.05) is 18.7 Å². The van der Waals surface area contributed by atoms with Crippen molar-refractivity contribution in [2.24, 2.45) is 0 Å². The van der Waals surface area contributed by atoms with E-state index in [0.29, 0.717) is 0 Å². The van der Waals surface area contributed by atoms with Crippen LogP contribution in [0.2, 0.25) is 0 Å². The highest BCUT2D eigenvalue weighted by Gasteiger charge is 1.73. The molecule has 0 rings (SSSR count). The molecule has 0 atom stereocenters. The standard InChI is InChI=1S/C10H13/c1-3-5-7-9-10-8-6-4-2/h3,5,7-10H,1,4H2,2H3/q+1. The summed E-state index contributed by atoms with van der Waals surface area (Å²) in [6.45, 7) is 5.61. The predicted octanol–water partition coefficient (Wildman–Crippen LogP) is 3.05. The number of hydrogen-bond acceptors (Lipinski definition) is 0. The first kappa shape index (κ1) is 8.87. The maximum atomic E-state index is 3.55. The molecular weight excluding hydrogens is 120 g/mol. The van der Waals surface area contributed by atoms with Crippen molar-refractivity contribution in [1.82, 2.24) is 0 Å². The highest BCUT2D eigenvalue weighted by Crippen LogP contribution is 1.81. The van der Waals surface area contributed by atoms with Crippen molar-refractivity contribution >= 4 is 0 Å². The summed E-state index contributed by atoms with van der Waals surface area (Å²) in [4.78, 5) is 0. The van der Waals surface area contributed by atoms with Gasteiger partial charge in [-0.2, -0.15) is 0 Å². The summed E-state index contributed by atoms with van der Waals surface area (Å²) in [6.07, 6.45) is 15.4. The minimum Gasteiger partial charge on any atom is -0.0991 e. The maximum Gasteiger partial charge on any atom is 0.154 e. The van der Waals surface area contributed by atoms with Gasteiger partial charge >= 0.3 is 0 Å². The first-order valence-electron chi connectivity index (χ1n) is 3.42. The summed E-state index contributed by atoms with van der Waals surface area (Å²) < 4.78 is 0. The summed E-state index contributed by atoms with van der Waals surface area (Å²) in [5, 5.41) is 0. The number of allylic oxidation sites excluding steroid dienone is 7. The minimum atomic E-state index is 0.968. The van der Waals surface area contributed by atoms with Gasteiger partial charge in [0, 0.05) is 6.08 Å². The molecule has 0 aliphatic rings. The summed E-state index contributed by atoms with van der Waals surface area (Å²) in [7, 11) is 0. The SMILES string of the molecule is C=CC=CC=CC=[C+]CC. The zero-order chi connectivity index (χ0) is 7.66. The van der Waals surface area contributed by atoms with Crippen molar-refractivity contribution < 1.29 is 0 Å². The summed E-state index contributed by atoms with van der Waals surface area (Å²) >= 11 is 0. The van der Waals surface area contributed by atoms with E-state index < -0.39 is 0 Å². The van der Waals surface area contributed by atoms with Gasteiger partial charge in [0.15, 0.2) is 6.08 Å². The van der Waals surface area contributed by atoms with Gasteiger partial charge in [-0.15, -0.1) is 0 Å². The van der Waals surface area contributed by atoms with Crippen LogP contribution >= 0.6 is 0 Å². The molecule has 0 aliphatic carbocycles. The molecular formula is C10H13+. The van der Waals surface area contributed by atoms with Gasteiger partial charge in [-0.3, -0.25) is 0 Å². The molecule has 0 aromatic carbocycles. The van der Waals surface area contributed by atoms with E-state index in [2.05, 4.69) is 19.6 Å². The molecule has 0 nitrogen and oxygen atoms in total. The van der Waals surface area contributed by atoms with E-state index in [0.717, 1.165) is 6.42 Å². The topological polar surface area (TPSA) is 0 Å². The van der Waals surface area contributed by atoms with Gasteiger partial charge in [0.05, 0.1) is 18.6 Å². The lowest BCUT2D eigenvalue weighted by Crippen LogP contribution is -1.52. The second-order valence-electron chi connectivity index (χ2n) is 1.73.